The van der Waals surface area contributed by atoms with Gasteiger partial charge in [-0.15, -0.1) is 11.8 Å². The van der Waals surface area contributed by atoms with Crippen molar-refractivity contribution in [3.8, 4) is 5.75 Å². The molecule has 2 nitrogen and oxygen atoms in total. The van der Waals surface area contributed by atoms with E-state index in [1.165, 1.54) is 4.90 Å². The minimum atomic E-state index is 0.372. The fraction of sp³-hybridized carbons (Fsp3) is 0.333. The average molecular weight is 181 g/mol. The number of fused-ring (bicyclic) bond motifs is 1. The first-order valence-corrected chi connectivity index (χ1v) is 4.96. The Kier molecular flexibility index (Phi) is 1.89. The molecule has 0 radical (unpaired) electrons. The lowest BCUT2D eigenvalue weighted by molar-refractivity contribution is 0.475. The second-order valence-electron chi connectivity index (χ2n) is 2.93. The van der Waals surface area contributed by atoms with Gasteiger partial charge < -0.3 is 10.4 Å². The second-order valence-corrected chi connectivity index (χ2v) is 4.07. The predicted octanol–water partition coefficient (Wildman–Crippen LogP) is 2.22. The highest BCUT2D eigenvalue weighted by Crippen LogP contribution is 2.38. The number of hydrogen-bond acceptors (Lipinski definition) is 3. The van der Waals surface area contributed by atoms with Gasteiger partial charge in [-0.3, -0.25) is 0 Å². The van der Waals surface area contributed by atoms with Crippen LogP contribution in [-0.4, -0.2) is 17.4 Å². The van der Waals surface area contributed by atoms with Crippen molar-refractivity contribution in [3.63, 3.8) is 0 Å². The summed E-state index contributed by atoms with van der Waals surface area (Å²) in [6.45, 7) is 2.93. The van der Waals surface area contributed by atoms with Crippen LogP contribution in [0.1, 0.15) is 5.56 Å². The first-order chi connectivity index (χ1) is 5.77. The molecule has 0 aliphatic carbocycles. The van der Waals surface area contributed by atoms with Crippen LogP contribution >= 0.6 is 11.8 Å². The number of nitrogens with one attached hydrogen (secondary N) is 1. The Balaban J connectivity index is 2.53. The smallest absolute Gasteiger partial charge is 0.140 e. The number of benzene rings is 1. The Labute approximate surface area is 76.0 Å². The van der Waals surface area contributed by atoms with E-state index in [4.69, 9.17) is 0 Å². The minimum Gasteiger partial charge on any atom is -0.506 e. The van der Waals surface area contributed by atoms with Crippen molar-refractivity contribution >= 4 is 17.4 Å². The summed E-state index contributed by atoms with van der Waals surface area (Å²) in [5.41, 5.74) is 2.01. The van der Waals surface area contributed by atoms with Gasteiger partial charge in [0.05, 0.1) is 5.69 Å². The number of thioether (sulfide) groups is 1. The SMILES string of the molecule is Cc1cc(O)c2c(c1)SCCN2. The molecule has 0 amide bonds. The first-order valence-electron chi connectivity index (χ1n) is 3.97. The van der Waals surface area contributed by atoms with Gasteiger partial charge in [0, 0.05) is 17.2 Å². The Hall–Kier alpha value is -0.830. The number of anilines is 1. The summed E-state index contributed by atoms with van der Waals surface area (Å²) in [5.74, 6) is 1.45. The summed E-state index contributed by atoms with van der Waals surface area (Å²) in [6.07, 6.45) is 0. The molecule has 0 atom stereocenters. The fourth-order valence-electron chi connectivity index (χ4n) is 1.36. The Morgan fingerprint density at radius 1 is 1.50 bits per heavy atom. The molecule has 0 aromatic heterocycles. The third-order valence-electron chi connectivity index (χ3n) is 1.89. The zero-order valence-electron chi connectivity index (χ0n) is 6.92. The van der Waals surface area contributed by atoms with Crippen LogP contribution in [0.5, 0.6) is 5.75 Å². The molecule has 1 aromatic carbocycles. The topological polar surface area (TPSA) is 32.3 Å². The van der Waals surface area contributed by atoms with Gasteiger partial charge in [0.1, 0.15) is 5.75 Å². The molecule has 0 spiro atoms. The van der Waals surface area contributed by atoms with Crippen molar-refractivity contribution in [2.45, 2.75) is 11.8 Å². The van der Waals surface area contributed by atoms with Crippen LogP contribution in [0.4, 0.5) is 5.69 Å². The third kappa shape index (κ3) is 1.25. The summed E-state index contributed by atoms with van der Waals surface area (Å²) < 4.78 is 0. The molecule has 0 bridgehead atoms. The van der Waals surface area contributed by atoms with Crippen molar-refractivity contribution in [1.82, 2.24) is 0 Å². The molecule has 64 valence electrons. The van der Waals surface area contributed by atoms with E-state index in [2.05, 4.69) is 11.4 Å². The molecule has 12 heavy (non-hydrogen) atoms. The molecule has 0 saturated heterocycles. The van der Waals surface area contributed by atoms with Gasteiger partial charge in [-0.25, -0.2) is 0 Å². The van der Waals surface area contributed by atoms with E-state index in [1.54, 1.807) is 17.8 Å². The number of phenols is 1. The molecular formula is C9H11NOS. The molecule has 2 rings (SSSR count). The third-order valence-corrected chi connectivity index (χ3v) is 2.93. The minimum absolute atomic E-state index is 0.372. The van der Waals surface area contributed by atoms with E-state index < -0.39 is 0 Å². The molecule has 0 saturated carbocycles. The molecular weight excluding hydrogens is 170 g/mol. The van der Waals surface area contributed by atoms with Crippen LogP contribution in [0.25, 0.3) is 0 Å². The lowest BCUT2D eigenvalue weighted by Gasteiger charge is -2.18. The van der Waals surface area contributed by atoms with Crippen molar-refractivity contribution in [1.29, 1.82) is 0 Å². The van der Waals surface area contributed by atoms with E-state index in [9.17, 15) is 5.11 Å². The van der Waals surface area contributed by atoms with Crippen molar-refractivity contribution < 1.29 is 5.11 Å². The van der Waals surface area contributed by atoms with Gasteiger partial charge in [0.15, 0.2) is 0 Å². The average Bonchev–Trinajstić information content (AvgIpc) is 2.04. The number of hydrogen-bond donors (Lipinski definition) is 2. The van der Waals surface area contributed by atoms with Gasteiger partial charge in [0.25, 0.3) is 0 Å². The van der Waals surface area contributed by atoms with Gasteiger partial charge >= 0.3 is 0 Å². The Bertz CT molecular complexity index is 312. The standard InChI is InChI=1S/C9H11NOS/c1-6-4-7(11)9-8(5-6)12-3-2-10-9/h4-5,10-11H,2-3H2,1H3. The van der Waals surface area contributed by atoms with Crippen LogP contribution in [0.3, 0.4) is 0 Å². The van der Waals surface area contributed by atoms with Crippen LogP contribution in [0, 0.1) is 6.92 Å². The number of phenolic OH excluding ortho intramolecular Hbond substituents is 1. The van der Waals surface area contributed by atoms with Crippen LogP contribution in [-0.2, 0) is 0 Å². The fourth-order valence-corrected chi connectivity index (χ4v) is 2.38. The summed E-state index contributed by atoms with van der Waals surface area (Å²) in [5, 5.41) is 12.7. The maximum atomic E-state index is 9.56. The number of rotatable bonds is 0. The van der Waals surface area contributed by atoms with Gasteiger partial charge in [-0.2, -0.15) is 0 Å². The highest BCUT2D eigenvalue weighted by Gasteiger charge is 2.12. The summed E-state index contributed by atoms with van der Waals surface area (Å²) >= 11 is 1.79. The lowest BCUT2D eigenvalue weighted by Crippen LogP contribution is -2.10. The van der Waals surface area contributed by atoms with E-state index in [-0.39, 0.29) is 0 Å². The monoisotopic (exact) mass is 181 g/mol. The second kappa shape index (κ2) is 2.90. The molecule has 0 fully saturated rings. The predicted molar refractivity (Wildman–Crippen MR) is 52.1 cm³/mol. The molecule has 2 N–H and O–H groups in total. The lowest BCUT2D eigenvalue weighted by atomic mass is 10.2. The van der Waals surface area contributed by atoms with Gasteiger partial charge in [-0.1, -0.05) is 0 Å². The van der Waals surface area contributed by atoms with E-state index in [0.717, 1.165) is 23.5 Å². The van der Waals surface area contributed by atoms with Crippen molar-refractivity contribution in [2.75, 3.05) is 17.6 Å². The maximum Gasteiger partial charge on any atom is 0.140 e. The van der Waals surface area contributed by atoms with E-state index >= 15 is 0 Å². The molecule has 3 heteroatoms. The molecule has 1 heterocycles. The summed E-state index contributed by atoms with van der Waals surface area (Å²) in [7, 11) is 0. The Morgan fingerprint density at radius 3 is 3.17 bits per heavy atom. The maximum absolute atomic E-state index is 9.56. The number of aromatic hydroxyl groups is 1. The van der Waals surface area contributed by atoms with Crippen molar-refractivity contribution in [2.24, 2.45) is 0 Å². The normalized spacial score (nSPS) is 15.1. The highest BCUT2D eigenvalue weighted by molar-refractivity contribution is 7.99. The molecule has 0 unspecified atom stereocenters. The Morgan fingerprint density at radius 2 is 2.33 bits per heavy atom. The highest BCUT2D eigenvalue weighted by atomic mass is 32.2. The van der Waals surface area contributed by atoms with Gasteiger partial charge in [0.2, 0.25) is 0 Å². The first kappa shape index (κ1) is 7.80. The van der Waals surface area contributed by atoms with Crippen LogP contribution in [0.15, 0.2) is 17.0 Å². The quantitative estimate of drug-likeness (QED) is 0.602. The van der Waals surface area contributed by atoms with E-state index in [1.807, 2.05) is 6.92 Å². The van der Waals surface area contributed by atoms with Crippen LogP contribution in [0.2, 0.25) is 0 Å². The largest absolute Gasteiger partial charge is 0.506 e. The van der Waals surface area contributed by atoms with E-state index in [0.29, 0.717) is 5.75 Å². The summed E-state index contributed by atoms with van der Waals surface area (Å²) in [6, 6.07) is 3.89. The molecule has 1 aliphatic rings. The summed E-state index contributed by atoms with van der Waals surface area (Å²) in [4.78, 5) is 1.17. The van der Waals surface area contributed by atoms with Crippen LogP contribution < -0.4 is 5.32 Å². The van der Waals surface area contributed by atoms with Gasteiger partial charge in [-0.05, 0) is 24.6 Å². The number of aryl methyl sites for hydroxylation is 1. The molecule has 1 aliphatic heterocycles. The molecule has 1 aromatic rings. The zero-order chi connectivity index (χ0) is 8.55. The van der Waals surface area contributed by atoms with Crippen molar-refractivity contribution in [3.05, 3.63) is 17.7 Å². The zero-order valence-corrected chi connectivity index (χ0v) is 7.74.